The summed E-state index contributed by atoms with van der Waals surface area (Å²) in [7, 11) is -3.22. The molecule has 2 atom stereocenters. The predicted molar refractivity (Wildman–Crippen MR) is 87.0 cm³/mol. The average molecular weight is 340 g/mol. The topological polar surface area (TPSA) is 68.7 Å². The average Bonchev–Trinajstić information content (AvgIpc) is 3.19. The Morgan fingerprint density at radius 3 is 2.96 bits per heavy atom. The van der Waals surface area contributed by atoms with Gasteiger partial charge in [0.05, 0.1) is 24.6 Å². The third-order valence-corrected chi connectivity index (χ3v) is 6.28. The fraction of sp³-hybridized carbons (Fsp3) is 0.688. The van der Waals surface area contributed by atoms with Gasteiger partial charge in [0, 0.05) is 18.8 Å². The summed E-state index contributed by atoms with van der Waals surface area (Å²) in [4.78, 5) is 4.19. The minimum Gasteiger partial charge on any atom is -0.487 e. The Bertz CT molecular complexity index is 611. The summed E-state index contributed by atoms with van der Waals surface area (Å²) >= 11 is 0. The van der Waals surface area contributed by atoms with Gasteiger partial charge < -0.3 is 9.47 Å². The molecule has 0 amide bonds. The van der Waals surface area contributed by atoms with Gasteiger partial charge in [-0.1, -0.05) is 0 Å². The van der Waals surface area contributed by atoms with Gasteiger partial charge in [-0.15, -0.1) is 0 Å². The summed E-state index contributed by atoms with van der Waals surface area (Å²) < 4.78 is 37.8. The van der Waals surface area contributed by atoms with Crippen LogP contribution in [0.1, 0.15) is 31.4 Å². The summed E-state index contributed by atoms with van der Waals surface area (Å²) in [6.07, 6.45) is 5.01. The number of aromatic nitrogens is 1. The molecule has 0 aliphatic carbocycles. The normalized spacial score (nSPS) is 25.8. The van der Waals surface area contributed by atoms with Crippen molar-refractivity contribution in [1.29, 1.82) is 0 Å². The summed E-state index contributed by atoms with van der Waals surface area (Å²) in [5.74, 6) is 0.857. The van der Waals surface area contributed by atoms with Crippen molar-refractivity contribution in [2.45, 2.75) is 44.8 Å². The molecule has 3 rings (SSSR count). The molecule has 2 aliphatic rings. The maximum Gasteiger partial charge on any atom is 0.214 e. The Labute approximate surface area is 137 Å². The largest absolute Gasteiger partial charge is 0.487 e. The lowest BCUT2D eigenvalue weighted by Gasteiger charge is -2.18. The van der Waals surface area contributed by atoms with Gasteiger partial charge in [-0.25, -0.2) is 8.42 Å². The molecular formula is C16H24N2O4S. The van der Waals surface area contributed by atoms with E-state index in [0.717, 1.165) is 25.1 Å². The smallest absolute Gasteiger partial charge is 0.214 e. The molecule has 2 aliphatic heterocycles. The standard InChI is InChI=1S/C16H24N2O4S/c1-13-4-5-15(11-17-13)22-16-6-8-18(12-16)23(19,20)10-7-14-3-2-9-21-14/h4-5,11,14,16H,2-3,6-10,12H2,1H3/t14-,16+/m1/s1. The molecule has 2 fully saturated rings. The third kappa shape index (κ3) is 4.43. The Balaban J connectivity index is 1.50. The second-order valence-electron chi connectivity index (χ2n) is 6.26. The van der Waals surface area contributed by atoms with E-state index >= 15 is 0 Å². The third-order valence-electron chi connectivity index (χ3n) is 4.41. The molecule has 0 spiro atoms. The molecule has 6 nitrogen and oxygen atoms in total. The first-order valence-electron chi connectivity index (χ1n) is 8.22. The minimum atomic E-state index is -3.22. The molecule has 0 saturated carbocycles. The second kappa shape index (κ2) is 7.15. The summed E-state index contributed by atoms with van der Waals surface area (Å²) in [5.41, 5.74) is 0.933. The van der Waals surface area contributed by atoms with Crippen LogP contribution in [0, 0.1) is 6.92 Å². The Hall–Kier alpha value is -1.18. The van der Waals surface area contributed by atoms with Gasteiger partial charge in [-0.2, -0.15) is 4.31 Å². The molecule has 7 heteroatoms. The number of pyridine rings is 1. The highest BCUT2D eigenvalue weighted by molar-refractivity contribution is 7.89. The van der Waals surface area contributed by atoms with E-state index in [1.54, 1.807) is 10.5 Å². The zero-order valence-corrected chi connectivity index (χ0v) is 14.3. The monoisotopic (exact) mass is 340 g/mol. The molecule has 128 valence electrons. The zero-order chi connectivity index (χ0) is 16.3. The highest BCUT2D eigenvalue weighted by atomic mass is 32.2. The highest BCUT2D eigenvalue weighted by Crippen LogP contribution is 2.22. The van der Waals surface area contributed by atoms with E-state index in [4.69, 9.17) is 9.47 Å². The molecule has 0 unspecified atom stereocenters. The molecule has 0 N–H and O–H groups in total. The highest BCUT2D eigenvalue weighted by Gasteiger charge is 2.33. The van der Waals surface area contributed by atoms with E-state index in [9.17, 15) is 8.42 Å². The van der Waals surface area contributed by atoms with Gasteiger partial charge in [0.1, 0.15) is 11.9 Å². The van der Waals surface area contributed by atoms with Crippen LogP contribution in [-0.4, -0.2) is 55.4 Å². The molecule has 1 aromatic heterocycles. The zero-order valence-electron chi connectivity index (χ0n) is 13.5. The van der Waals surface area contributed by atoms with E-state index < -0.39 is 10.0 Å². The van der Waals surface area contributed by atoms with Gasteiger partial charge in [0.2, 0.25) is 10.0 Å². The van der Waals surface area contributed by atoms with Gasteiger partial charge in [-0.3, -0.25) is 4.98 Å². The van der Waals surface area contributed by atoms with Gasteiger partial charge in [0.25, 0.3) is 0 Å². The van der Waals surface area contributed by atoms with Crippen LogP contribution in [-0.2, 0) is 14.8 Å². The molecule has 0 radical (unpaired) electrons. The second-order valence-corrected chi connectivity index (χ2v) is 8.35. The number of ether oxygens (including phenoxy) is 2. The van der Waals surface area contributed by atoms with E-state index in [-0.39, 0.29) is 18.0 Å². The van der Waals surface area contributed by atoms with Crippen molar-refractivity contribution in [3.05, 3.63) is 24.0 Å². The molecule has 2 saturated heterocycles. The number of aryl methyl sites for hydroxylation is 1. The molecule has 23 heavy (non-hydrogen) atoms. The maximum atomic E-state index is 12.4. The fourth-order valence-electron chi connectivity index (χ4n) is 3.04. The first-order valence-corrected chi connectivity index (χ1v) is 9.82. The quantitative estimate of drug-likeness (QED) is 0.789. The van der Waals surface area contributed by atoms with Gasteiger partial charge in [0.15, 0.2) is 0 Å². The molecule has 1 aromatic rings. The van der Waals surface area contributed by atoms with E-state index in [1.807, 2.05) is 19.1 Å². The van der Waals surface area contributed by atoms with Crippen LogP contribution in [0.5, 0.6) is 5.75 Å². The van der Waals surface area contributed by atoms with Gasteiger partial charge in [-0.05, 0) is 44.7 Å². The number of nitrogens with zero attached hydrogens (tertiary/aromatic N) is 2. The lowest BCUT2D eigenvalue weighted by molar-refractivity contribution is 0.108. The van der Waals surface area contributed by atoms with Crippen molar-refractivity contribution >= 4 is 10.0 Å². The van der Waals surface area contributed by atoms with Crippen molar-refractivity contribution in [2.24, 2.45) is 0 Å². The van der Waals surface area contributed by atoms with E-state index in [1.165, 1.54) is 0 Å². The van der Waals surface area contributed by atoms with Crippen molar-refractivity contribution in [1.82, 2.24) is 9.29 Å². The van der Waals surface area contributed by atoms with E-state index in [0.29, 0.717) is 31.7 Å². The Morgan fingerprint density at radius 1 is 1.39 bits per heavy atom. The first kappa shape index (κ1) is 16.7. The molecule has 3 heterocycles. The van der Waals surface area contributed by atoms with Crippen molar-refractivity contribution in [2.75, 3.05) is 25.4 Å². The van der Waals surface area contributed by atoms with Crippen LogP contribution in [0.4, 0.5) is 0 Å². The van der Waals surface area contributed by atoms with Crippen LogP contribution >= 0.6 is 0 Å². The van der Waals surface area contributed by atoms with Crippen LogP contribution in [0.15, 0.2) is 18.3 Å². The van der Waals surface area contributed by atoms with Gasteiger partial charge >= 0.3 is 0 Å². The Morgan fingerprint density at radius 2 is 2.26 bits per heavy atom. The Kier molecular flexibility index (Phi) is 5.18. The maximum absolute atomic E-state index is 12.4. The lowest BCUT2D eigenvalue weighted by atomic mass is 10.2. The predicted octanol–water partition coefficient (Wildman–Crippen LogP) is 1.74. The van der Waals surface area contributed by atoms with Crippen molar-refractivity contribution in [3.8, 4) is 5.75 Å². The van der Waals surface area contributed by atoms with Crippen LogP contribution < -0.4 is 4.74 Å². The number of rotatable bonds is 6. The summed E-state index contributed by atoms with van der Waals surface area (Å²) in [6, 6.07) is 3.76. The molecule has 0 aromatic carbocycles. The lowest BCUT2D eigenvalue weighted by Crippen LogP contribution is -2.33. The van der Waals surface area contributed by atoms with Crippen LogP contribution in [0.3, 0.4) is 0 Å². The van der Waals surface area contributed by atoms with Crippen LogP contribution in [0.2, 0.25) is 0 Å². The van der Waals surface area contributed by atoms with Crippen LogP contribution in [0.25, 0.3) is 0 Å². The van der Waals surface area contributed by atoms with Crippen molar-refractivity contribution < 1.29 is 17.9 Å². The summed E-state index contributed by atoms with van der Waals surface area (Å²) in [6.45, 7) is 3.62. The minimum absolute atomic E-state index is 0.1000. The number of hydrogen-bond acceptors (Lipinski definition) is 5. The summed E-state index contributed by atoms with van der Waals surface area (Å²) in [5, 5.41) is 0. The first-order chi connectivity index (χ1) is 11.0. The SMILES string of the molecule is Cc1ccc(O[C@H]2CCN(S(=O)(=O)CC[C@H]3CCCO3)C2)cn1. The van der Waals surface area contributed by atoms with Crippen molar-refractivity contribution in [3.63, 3.8) is 0 Å². The molecule has 0 bridgehead atoms. The van der Waals surface area contributed by atoms with E-state index in [2.05, 4.69) is 4.98 Å². The number of sulfonamides is 1. The fourth-order valence-corrected chi connectivity index (χ4v) is 4.64. The number of hydrogen-bond donors (Lipinski definition) is 0. The molecular weight excluding hydrogens is 316 g/mol.